The van der Waals surface area contributed by atoms with Crippen LogP contribution < -0.4 is 5.32 Å². The molecule has 0 spiro atoms. The van der Waals surface area contributed by atoms with Crippen LogP contribution in [0.2, 0.25) is 0 Å². The lowest BCUT2D eigenvalue weighted by Gasteiger charge is -2.21. The minimum Gasteiger partial charge on any atom is -0.388 e. The largest absolute Gasteiger partial charge is 0.388 e. The summed E-state index contributed by atoms with van der Waals surface area (Å²) in [5.41, 5.74) is 0.360. The highest BCUT2D eigenvalue weighted by Crippen LogP contribution is 2.08. The first-order chi connectivity index (χ1) is 8.14. The normalized spacial score (nSPS) is 13.6. The van der Waals surface area contributed by atoms with E-state index >= 15 is 0 Å². The molecule has 0 aliphatic carbocycles. The molecule has 0 saturated heterocycles. The number of hydrogen-bond donors (Lipinski definition) is 2. The number of hydrogen-bond acceptors (Lipinski definition) is 3. The van der Waals surface area contributed by atoms with Crippen LogP contribution in [0.4, 0.5) is 0 Å². The Labute approximate surface area is 108 Å². The van der Waals surface area contributed by atoms with E-state index in [1.807, 2.05) is 43.5 Å². The minimum atomic E-state index is -0.659. The zero-order chi connectivity index (χ0) is 12.6. The van der Waals surface area contributed by atoms with E-state index in [-0.39, 0.29) is 0 Å². The Morgan fingerprint density at radius 2 is 2.06 bits per heavy atom. The van der Waals surface area contributed by atoms with Crippen LogP contribution in [-0.4, -0.2) is 35.8 Å². The van der Waals surface area contributed by atoms with Gasteiger partial charge in [0.15, 0.2) is 0 Å². The predicted molar refractivity (Wildman–Crippen MR) is 75.2 cm³/mol. The van der Waals surface area contributed by atoms with Crippen molar-refractivity contribution in [3.8, 4) is 11.8 Å². The van der Waals surface area contributed by atoms with Crippen LogP contribution in [0.1, 0.15) is 12.5 Å². The van der Waals surface area contributed by atoms with Gasteiger partial charge in [0.05, 0.1) is 12.1 Å². The van der Waals surface area contributed by atoms with E-state index in [1.165, 1.54) is 0 Å². The monoisotopic (exact) mass is 249 g/mol. The van der Waals surface area contributed by atoms with Crippen LogP contribution in [0.25, 0.3) is 0 Å². The molecule has 0 radical (unpaired) electrons. The summed E-state index contributed by atoms with van der Waals surface area (Å²) in [5, 5.41) is 13.0. The Bertz CT molecular complexity index is 378. The Hall–Kier alpha value is -0.950. The smallest absolute Gasteiger partial charge is 0.0833 e. The van der Waals surface area contributed by atoms with Crippen molar-refractivity contribution in [1.29, 1.82) is 0 Å². The Morgan fingerprint density at radius 3 is 2.71 bits per heavy atom. The van der Waals surface area contributed by atoms with Gasteiger partial charge in [-0.15, -0.1) is 0 Å². The van der Waals surface area contributed by atoms with Gasteiger partial charge >= 0.3 is 0 Å². The molecule has 1 aromatic rings. The second kappa shape index (κ2) is 7.39. The van der Waals surface area contributed by atoms with Gasteiger partial charge < -0.3 is 10.4 Å². The summed E-state index contributed by atoms with van der Waals surface area (Å²) in [7, 11) is 0. The standard InChI is InChI=1S/C14H19NOS/c1-14(16,12-17-2)11-15-10-6-9-13-7-4-3-5-8-13/h3-5,7-8,15-16H,10-12H2,1-2H3. The van der Waals surface area contributed by atoms with Crippen molar-refractivity contribution in [1.82, 2.24) is 5.32 Å². The topological polar surface area (TPSA) is 32.3 Å². The van der Waals surface area contributed by atoms with Gasteiger partial charge in [-0.2, -0.15) is 11.8 Å². The van der Waals surface area contributed by atoms with Gasteiger partial charge in [0.25, 0.3) is 0 Å². The summed E-state index contributed by atoms with van der Waals surface area (Å²) in [6.07, 6.45) is 1.99. The third kappa shape index (κ3) is 6.38. The predicted octanol–water partition coefficient (Wildman–Crippen LogP) is 1.74. The molecule has 3 heteroatoms. The number of thioether (sulfide) groups is 1. The molecule has 0 saturated carbocycles. The fourth-order valence-electron chi connectivity index (χ4n) is 1.42. The maximum atomic E-state index is 9.90. The zero-order valence-corrected chi connectivity index (χ0v) is 11.2. The molecule has 92 valence electrons. The molecule has 2 nitrogen and oxygen atoms in total. The lowest BCUT2D eigenvalue weighted by molar-refractivity contribution is 0.0862. The van der Waals surface area contributed by atoms with Crippen molar-refractivity contribution < 1.29 is 5.11 Å². The first-order valence-corrected chi connectivity index (χ1v) is 6.99. The molecule has 0 heterocycles. The quantitative estimate of drug-likeness (QED) is 0.616. The van der Waals surface area contributed by atoms with Crippen LogP contribution >= 0.6 is 11.8 Å². The molecule has 2 N–H and O–H groups in total. The van der Waals surface area contributed by atoms with Crippen molar-refractivity contribution in [3.05, 3.63) is 35.9 Å². The summed E-state index contributed by atoms with van der Waals surface area (Å²) >= 11 is 1.64. The number of rotatable bonds is 5. The van der Waals surface area contributed by atoms with E-state index in [4.69, 9.17) is 0 Å². The van der Waals surface area contributed by atoms with E-state index in [2.05, 4.69) is 17.2 Å². The molecule has 0 aliphatic heterocycles. The van der Waals surface area contributed by atoms with Crippen molar-refractivity contribution in [2.45, 2.75) is 12.5 Å². The molecular formula is C14H19NOS. The molecule has 1 atom stereocenters. The van der Waals surface area contributed by atoms with E-state index in [0.717, 1.165) is 11.3 Å². The highest BCUT2D eigenvalue weighted by atomic mass is 32.2. The molecule has 0 amide bonds. The van der Waals surface area contributed by atoms with Gasteiger partial charge in [0.2, 0.25) is 0 Å². The van der Waals surface area contributed by atoms with Gasteiger partial charge in [0, 0.05) is 17.9 Å². The average molecular weight is 249 g/mol. The average Bonchev–Trinajstić information content (AvgIpc) is 2.30. The SMILES string of the molecule is CSCC(C)(O)CNCC#Cc1ccccc1. The van der Waals surface area contributed by atoms with Crippen LogP contribution in [0.15, 0.2) is 30.3 Å². The molecule has 0 bridgehead atoms. The van der Waals surface area contributed by atoms with Crippen LogP contribution in [0.5, 0.6) is 0 Å². The van der Waals surface area contributed by atoms with Crippen molar-refractivity contribution >= 4 is 11.8 Å². The van der Waals surface area contributed by atoms with Gasteiger partial charge in [0.1, 0.15) is 0 Å². The zero-order valence-electron chi connectivity index (χ0n) is 10.4. The maximum absolute atomic E-state index is 9.90. The van der Waals surface area contributed by atoms with Crippen molar-refractivity contribution in [2.24, 2.45) is 0 Å². The van der Waals surface area contributed by atoms with Gasteiger partial charge in [-0.1, -0.05) is 30.0 Å². The summed E-state index contributed by atoms with van der Waals surface area (Å²) in [5.74, 6) is 6.83. The third-order valence-corrected chi connectivity index (χ3v) is 3.09. The third-order valence-electron chi connectivity index (χ3n) is 2.18. The Balaban J connectivity index is 2.27. The molecule has 1 unspecified atom stereocenters. The lowest BCUT2D eigenvalue weighted by Crippen LogP contribution is -2.40. The second-order valence-corrected chi connectivity index (χ2v) is 5.07. The highest BCUT2D eigenvalue weighted by Gasteiger charge is 2.17. The first kappa shape index (κ1) is 14.1. The molecule has 1 rings (SSSR count). The molecule has 0 fully saturated rings. The summed E-state index contributed by atoms with van der Waals surface area (Å²) in [6.45, 7) is 3.00. The van der Waals surface area contributed by atoms with Gasteiger partial charge in [-0.3, -0.25) is 0 Å². The number of aliphatic hydroxyl groups is 1. The lowest BCUT2D eigenvalue weighted by atomic mass is 10.1. The molecule has 1 aromatic carbocycles. The first-order valence-electron chi connectivity index (χ1n) is 5.60. The van der Waals surface area contributed by atoms with Crippen molar-refractivity contribution in [3.63, 3.8) is 0 Å². The molecule has 0 aromatic heterocycles. The maximum Gasteiger partial charge on any atom is 0.0833 e. The summed E-state index contributed by atoms with van der Waals surface area (Å²) in [6, 6.07) is 9.89. The van der Waals surface area contributed by atoms with E-state index < -0.39 is 5.60 Å². The minimum absolute atomic E-state index is 0.567. The van der Waals surface area contributed by atoms with E-state index in [1.54, 1.807) is 11.8 Å². The van der Waals surface area contributed by atoms with Crippen LogP contribution in [0.3, 0.4) is 0 Å². The number of benzene rings is 1. The second-order valence-electron chi connectivity index (χ2n) is 4.20. The molecular weight excluding hydrogens is 230 g/mol. The fraction of sp³-hybridized carbons (Fsp3) is 0.429. The van der Waals surface area contributed by atoms with Gasteiger partial charge in [-0.05, 0) is 25.3 Å². The molecule has 0 aliphatic rings. The van der Waals surface area contributed by atoms with Crippen molar-refractivity contribution in [2.75, 3.05) is 25.1 Å². The summed E-state index contributed by atoms with van der Waals surface area (Å²) in [4.78, 5) is 0. The Kier molecular flexibility index (Phi) is 6.13. The summed E-state index contributed by atoms with van der Waals surface area (Å²) < 4.78 is 0. The van der Waals surface area contributed by atoms with E-state index in [9.17, 15) is 5.11 Å². The Morgan fingerprint density at radius 1 is 1.35 bits per heavy atom. The van der Waals surface area contributed by atoms with Gasteiger partial charge in [-0.25, -0.2) is 0 Å². The van der Waals surface area contributed by atoms with E-state index in [0.29, 0.717) is 13.1 Å². The number of nitrogens with one attached hydrogen (secondary N) is 1. The van der Waals surface area contributed by atoms with Crippen LogP contribution in [-0.2, 0) is 0 Å². The molecule has 17 heavy (non-hydrogen) atoms. The van der Waals surface area contributed by atoms with Crippen LogP contribution in [0, 0.1) is 11.8 Å². The highest BCUT2D eigenvalue weighted by molar-refractivity contribution is 7.98. The fourth-order valence-corrected chi connectivity index (χ4v) is 2.15.